The molecule has 2 rings (SSSR count). The molecule has 0 fully saturated rings. The maximum Gasteiger partial charge on any atom is 0.250 e. The Morgan fingerprint density at radius 3 is 2.39 bits per heavy atom. The van der Waals surface area contributed by atoms with Gasteiger partial charge < -0.3 is 11.5 Å². The zero-order valence-electron chi connectivity index (χ0n) is 10.0. The number of nitrogens with two attached hydrogens (primary N) is 2. The molecule has 0 heterocycles. The molecular weight excluding hydrogens is 228 g/mol. The minimum atomic E-state index is -0.663. The van der Waals surface area contributed by atoms with Gasteiger partial charge in [-0.3, -0.25) is 9.59 Å². The summed E-state index contributed by atoms with van der Waals surface area (Å²) in [4.78, 5) is 23.6. The van der Waals surface area contributed by atoms with Crippen LogP contribution in [-0.4, -0.2) is 17.7 Å². The lowest BCUT2D eigenvalue weighted by Crippen LogP contribution is -2.29. The van der Waals surface area contributed by atoms with E-state index < -0.39 is 11.9 Å². The van der Waals surface area contributed by atoms with Crippen molar-refractivity contribution in [2.75, 3.05) is 0 Å². The molecule has 0 saturated heterocycles. The second-order valence-electron chi connectivity index (χ2n) is 4.23. The van der Waals surface area contributed by atoms with Gasteiger partial charge in [0.2, 0.25) is 5.91 Å². The zero-order valence-corrected chi connectivity index (χ0v) is 10.0. The van der Waals surface area contributed by atoms with E-state index in [1.54, 1.807) is 31.2 Å². The quantitative estimate of drug-likeness (QED) is 0.799. The van der Waals surface area contributed by atoms with E-state index in [1.807, 2.05) is 12.1 Å². The van der Waals surface area contributed by atoms with Crippen molar-refractivity contribution in [2.45, 2.75) is 13.0 Å². The molecule has 4 heteroatoms. The Kier molecular flexibility index (Phi) is 3.12. The van der Waals surface area contributed by atoms with E-state index in [0.29, 0.717) is 5.39 Å². The van der Waals surface area contributed by atoms with Gasteiger partial charge in [-0.25, -0.2) is 0 Å². The van der Waals surface area contributed by atoms with Gasteiger partial charge >= 0.3 is 0 Å². The lowest BCUT2D eigenvalue weighted by molar-refractivity contribution is 0.0948. The molecule has 4 N–H and O–H groups in total. The summed E-state index contributed by atoms with van der Waals surface area (Å²) >= 11 is 0. The molecule has 18 heavy (non-hydrogen) atoms. The second kappa shape index (κ2) is 4.58. The maximum atomic E-state index is 12.0. The molecule has 2 aromatic rings. The SMILES string of the molecule is C[C@H](N)C(=O)c1ccc2ccccc2c1C(N)=O. The fraction of sp³-hybridized carbons (Fsp3) is 0.143. The molecule has 92 valence electrons. The van der Waals surface area contributed by atoms with E-state index >= 15 is 0 Å². The second-order valence-corrected chi connectivity index (χ2v) is 4.23. The monoisotopic (exact) mass is 242 g/mol. The molecule has 1 atom stereocenters. The van der Waals surface area contributed by atoms with Crippen LogP contribution in [0.15, 0.2) is 36.4 Å². The molecule has 0 spiro atoms. The number of carbonyl (C=O) groups is 2. The van der Waals surface area contributed by atoms with Gasteiger partial charge in [-0.15, -0.1) is 0 Å². The Labute approximate surface area is 105 Å². The fourth-order valence-electron chi connectivity index (χ4n) is 1.99. The van der Waals surface area contributed by atoms with Gasteiger partial charge in [-0.2, -0.15) is 0 Å². The summed E-state index contributed by atoms with van der Waals surface area (Å²) in [6.45, 7) is 1.59. The standard InChI is InChI=1S/C14H14N2O2/c1-8(15)13(17)11-7-6-9-4-2-3-5-10(9)12(11)14(16)18/h2-8H,15H2,1H3,(H2,16,18)/t8-/m0/s1. The van der Waals surface area contributed by atoms with Crippen LogP contribution in [0.2, 0.25) is 0 Å². The molecule has 4 nitrogen and oxygen atoms in total. The highest BCUT2D eigenvalue weighted by atomic mass is 16.1. The minimum Gasteiger partial charge on any atom is -0.366 e. The van der Waals surface area contributed by atoms with Gasteiger partial charge in [0.15, 0.2) is 5.78 Å². The summed E-state index contributed by atoms with van der Waals surface area (Å²) < 4.78 is 0. The Balaban J connectivity index is 2.79. The third-order valence-electron chi connectivity index (χ3n) is 2.85. The van der Waals surface area contributed by atoms with Crippen LogP contribution in [-0.2, 0) is 0 Å². The van der Waals surface area contributed by atoms with Crippen molar-refractivity contribution < 1.29 is 9.59 Å². The topological polar surface area (TPSA) is 86.2 Å². The van der Waals surface area contributed by atoms with E-state index in [4.69, 9.17) is 11.5 Å². The predicted octanol–water partition coefficient (Wildman–Crippen LogP) is 1.47. The highest BCUT2D eigenvalue weighted by molar-refractivity contribution is 6.16. The first-order valence-corrected chi connectivity index (χ1v) is 5.63. The largest absolute Gasteiger partial charge is 0.366 e. The first-order chi connectivity index (χ1) is 8.52. The van der Waals surface area contributed by atoms with Gasteiger partial charge in [-0.1, -0.05) is 30.3 Å². The number of hydrogen-bond acceptors (Lipinski definition) is 3. The van der Waals surface area contributed by atoms with Crippen molar-refractivity contribution in [3.05, 3.63) is 47.5 Å². The fourth-order valence-corrected chi connectivity index (χ4v) is 1.99. The number of amides is 1. The average Bonchev–Trinajstić information content (AvgIpc) is 2.36. The normalized spacial score (nSPS) is 12.3. The van der Waals surface area contributed by atoms with Crippen molar-refractivity contribution in [1.29, 1.82) is 0 Å². The Morgan fingerprint density at radius 2 is 1.78 bits per heavy atom. The number of primary amides is 1. The molecule has 0 aliphatic heterocycles. The molecule has 0 aliphatic carbocycles. The lowest BCUT2D eigenvalue weighted by atomic mass is 9.94. The van der Waals surface area contributed by atoms with Crippen LogP contribution in [0.3, 0.4) is 0 Å². The third kappa shape index (κ3) is 1.98. The number of benzene rings is 2. The number of Topliss-reactive ketones (excluding diaryl/α,β-unsaturated/α-hetero) is 1. The Hall–Kier alpha value is -2.20. The maximum absolute atomic E-state index is 12.0. The van der Waals surface area contributed by atoms with E-state index in [2.05, 4.69) is 0 Å². The first-order valence-electron chi connectivity index (χ1n) is 5.63. The summed E-state index contributed by atoms with van der Waals surface area (Å²) in [5, 5.41) is 1.55. The smallest absolute Gasteiger partial charge is 0.250 e. The number of fused-ring (bicyclic) bond motifs is 1. The van der Waals surface area contributed by atoms with Crippen molar-refractivity contribution >= 4 is 22.5 Å². The summed E-state index contributed by atoms with van der Waals surface area (Å²) in [5.41, 5.74) is 11.5. The molecule has 0 unspecified atom stereocenters. The van der Waals surface area contributed by atoms with Gasteiger partial charge in [0.25, 0.3) is 0 Å². The van der Waals surface area contributed by atoms with E-state index in [1.165, 1.54) is 0 Å². The van der Waals surface area contributed by atoms with Crippen LogP contribution in [0.1, 0.15) is 27.6 Å². The minimum absolute atomic E-state index is 0.246. The highest BCUT2D eigenvalue weighted by Gasteiger charge is 2.20. The number of ketones is 1. The first kappa shape index (κ1) is 12.3. The summed E-state index contributed by atoms with van der Waals surface area (Å²) in [5.74, 6) is -0.898. The van der Waals surface area contributed by atoms with Crippen molar-refractivity contribution in [3.8, 4) is 0 Å². The molecule has 0 radical (unpaired) electrons. The molecular formula is C14H14N2O2. The van der Waals surface area contributed by atoms with Crippen LogP contribution in [0.4, 0.5) is 0 Å². The summed E-state index contributed by atoms with van der Waals surface area (Å²) in [6.07, 6.45) is 0. The molecule has 0 bridgehead atoms. The van der Waals surface area contributed by atoms with Crippen molar-refractivity contribution in [2.24, 2.45) is 11.5 Å². The van der Waals surface area contributed by atoms with Crippen LogP contribution >= 0.6 is 0 Å². The van der Waals surface area contributed by atoms with E-state index in [0.717, 1.165) is 5.39 Å². The van der Waals surface area contributed by atoms with Crippen LogP contribution < -0.4 is 11.5 Å². The van der Waals surface area contributed by atoms with E-state index in [9.17, 15) is 9.59 Å². The van der Waals surface area contributed by atoms with Gasteiger partial charge in [0.05, 0.1) is 11.6 Å². The van der Waals surface area contributed by atoms with Crippen LogP contribution in [0.5, 0.6) is 0 Å². The predicted molar refractivity (Wildman–Crippen MR) is 70.4 cm³/mol. The Morgan fingerprint density at radius 1 is 1.11 bits per heavy atom. The molecule has 0 aliphatic rings. The summed E-state index contributed by atoms with van der Waals surface area (Å²) in [6, 6.07) is 10.0. The lowest BCUT2D eigenvalue weighted by Gasteiger charge is -2.11. The van der Waals surface area contributed by atoms with Gasteiger partial charge in [0, 0.05) is 5.56 Å². The van der Waals surface area contributed by atoms with Crippen LogP contribution in [0.25, 0.3) is 10.8 Å². The van der Waals surface area contributed by atoms with Crippen molar-refractivity contribution in [3.63, 3.8) is 0 Å². The Bertz CT molecular complexity index is 633. The zero-order chi connectivity index (χ0) is 13.3. The summed E-state index contributed by atoms with van der Waals surface area (Å²) in [7, 11) is 0. The third-order valence-corrected chi connectivity index (χ3v) is 2.85. The van der Waals surface area contributed by atoms with Crippen LogP contribution in [0, 0.1) is 0 Å². The number of hydrogen-bond donors (Lipinski definition) is 2. The highest BCUT2D eigenvalue weighted by Crippen LogP contribution is 2.23. The molecule has 0 aromatic heterocycles. The van der Waals surface area contributed by atoms with E-state index in [-0.39, 0.29) is 16.9 Å². The molecule has 1 amide bonds. The van der Waals surface area contributed by atoms with Gasteiger partial charge in [0.1, 0.15) is 0 Å². The molecule has 2 aromatic carbocycles. The average molecular weight is 242 g/mol. The number of carbonyl (C=O) groups excluding carboxylic acids is 2. The molecule has 0 saturated carbocycles. The van der Waals surface area contributed by atoms with Gasteiger partial charge in [-0.05, 0) is 23.8 Å². The van der Waals surface area contributed by atoms with Crippen molar-refractivity contribution in [1.82, 2.24) is 0 Å². The number of rotatable bonds is 3.